The monoisotopic (exact) mass is 376 g/mol. The summed E-state index contributed by atoms with van der Waals surface area (Å²) in [6, 6.07) is 5.04. The van der Waals surface area contributed by atoms with E-state index in [-0.39, 0.29) is 31.2 Å². The number of nitrogens with one attached hydrogen (secondary N) is 2. The van der Waals surface area contributed by atoms with Crippen molar-refractivity contribution in [3.8, 4) is 5.75 Å². The molecule has 1 unspecified atom stereocenters. The highest BCUT2D eigenvalue weighted by molar-refractivity contribution is 7.94. The van der Waals surface area contributed by atoms with E-state index in [1.54, 1.807) is 25.1 Å². The quantitative estimate of drug-likeness (QED) is 0.680. The van der Waals surface area contributed by atoms with Crippen LogP contribution in [0.4, 0.5) is 3.89 Å². The Kier molecular flexibility index (Phi) is 7.01. The van der Waals surface area contributed by atoms with Gasteiger partial charge in [-0.15, -0.1) is 0 Å². The predicted octanol–water partition coefficient (Wildman–Crippen LogP) is 2.69. The van der Waals surface area contributed by atoms with Crippen LogP contribution in [-0.2, 0) is 14.3 Å². The maximum atomic E-state index is 12.9. The lowest BCUT2D eigenvalue weighted by atomic mass is 10.1. The summed E-state index contributed by atoms with van der Waals surface area (Å²) < 4.78 is 28.6. The molecular formula is C15H18ClFN2O4S. The molecule has 2 rings (SSSR count). The van der Waals surface area contributed by atoms with E-state index in [1.165, 1.54) is 7.11 Å². The second-order valence-electron chi connectivity index (χ2n) is 4.73. The molecule has 1 amide bonds. The van der Waals surface area contributed by atoms with Crippen LogP contribution in [0, 0.1) is 0 Å². The summed E-state index contributed by atoms with van der Waals surface area (Å²) in [6.45, 7) is 2.44. The van der Waals surface area contributed by atoms with E-state index >= 15 is 0 Å². The highest BCUT2D eigenvalue weighted by Gasteiger charge is 2.26. The molecular weight excluding hydrogens is 359 g/mol. The highest BCUT2D eigenvalue weighted by Crippen LogP contribution is 2.31. The third-order valence-electron chi connectivity index (χ3n) is 3.21. The maximum absolute atomic E-state index is 12.9. The average Bonchev–Trinajstić information content (AvgIpc) is 3.08. The molecule has 0 aliphatic carbocycles. The Labute approximate surface area is 149 Å². The van der Waals surface area contributed by atoms with Gasteiger partial charge < -0.3 is 24.8 Å². The second kappa shape index (κ2) is 9.00. The minimum Gasteiger partial charge on any atom is -0.495 e. The first-order valence-electron chi connectivity index (χ1n) is 7.21. The van der Waals surface area contributed by atoms with Gasteiger partial charge in [0, 0.05) is 12.2 Å². The molecule has 0 radical (unpaired) electrons. The number of carbonyl (C=O) groups excluding carboxylic acids is 1. The van der Waals surface area contributed by atoms with Crippen LogP contribution in [0.5, 0.6) is 5.75 Å². The van der Waals surface area contributed by atoms with Crippen molar-refractivity contribution >= 4 is 35.4 Å². The Morgan fingerprint density at radius 1 is 1.58 bits per heavy atom. The van der Waals surface area contributed by atoms with Gasteiger partial charge in [0.25, 0.3) is 5.91 Å². The third-order valence-corrected chi connectivity index (χ3v) is 3.97. The summed E-state index contributed by atoms with van der Waals surface area (Å²) >= 11 is 6.12. The lowest BCUT2D eigenvalue weighted by Gasteiger charge is -2.14. The molecule has 0 aromatic heterocycles. The van der Waals surface area contributed by atoms with Crippen LogP contribution in [0.25, 0.3) is 5.76 Å². The zero-order chi connectivity index (χ0) is 17.5. The molecule has 0 saturated carbocycles. The first-order valence-corrected chi connectivity index (χ1v) is 8.37. The number of hydrogen-bond acceptors (Lipinski definition) is 6. The summed E-state index contributed by atoms with van der Waals surface area (Å²) in [5, 5.41) is 4.98. The number of amides is 1. The van der Waals surface area contributed by atoms with E-state index in [1.807, 2.05) is 0 Å². The van der Waals surface area contributed by atoms with Gasteiger partial charge in [0.1, 0.15) is 16.8 Å². The standard InChI is InChI=1S/C15H18ClFN2O4S/c1-3-22-7-12(24-17)19-15(20)13-14(23-8-18-13)9-4-5-11(21-2)10(16)6-9/h4-6,12,18H,3,7-8H2,1-2H3,(H,19,20). The van der Waals surface area contributed by atoms with Gasteiger partial charge in [0.2, 0.25) is 0 Å². The van der Waals surface area contributed by atoms with Gasteiger partial charge in [-0.2, -0.15) is 3.89 Å². The molecule has 1 atom stereocenters. The SMILES string of the molecule is CCOCC(NC(=O)C1=C(c2ccc(OC)c(Cl)c2)OCN1)SF. The molecule has 1 aromatic rings. The van der Waals surface area contributed by atoms with Gasteiger partial charge in [-0.05, 0) is 25.1 Å². The lowest BCUT2D eigenvalue weighted by Crippen LogP contribution is -2.38. The second-order valence-corrected chi connectivity index (χ2v) is 5.88. The van der Waals surface area contributed by atoms with E-state index in [0.29, 0.717) is 28.7 Å². The Hall–Kier alpha value is -1.64. The molecule has 0 saturated heterocycles. The fourth-order valence-corrected chi connectivity index (χ4v) is 2.64. The minimum atomic E-state index is -0.798. The van der Waals surface area contributed by atoms with Crippen LogP contribution in [0.1, 0.15) is 12.5 Å². The van der Waals surface area contributed by atoms with Gasteiger partial charge >= 0.3 is 0 Å². The molecule has 132 valence electrons. The Morgan fingerprint density at radius 2 is 2.38 bits per heavy atom. The summed E-state index contributed by atoms with van der Waals surface area (Å²) in [5.74, 6) is 0.379. The van der Waals surface area contributed by atoms with E-state index in [2.05, 4.69) is 10.6 Å². The fourth-order valence-electron chi connectivity index (χ4n) is 2.08. The van der Waals surface area contributed by atoms with Crippen LogP contribution in [0.3, 0.4) is 0 Å². The largest absolute Gasteiger partial charge is 0.495 e. The normalized spacial score (nSPS) is 14.8. The number of halogens is 2. The Balaban J connectivity index is 2.18. The molecule has 1 aliphatic rings. The number of methoxy groups -OCH3 is 1. The number of ether oxygens (including phenoxy) is 3. The van der Waals surface area contributed by atoms with Gasteiger partial charge in [0.15, 0.2) is 12.5 Å². The van der Waals surface area contributed by atoms with E-state index in [4.69, 9.17) is 25.8 Å². The predicted molar refractivity (Wildman–Crippen MR) is 91.1 cm³/mol. The number of rotatable bonds is 8. The molecule has 1 heterocycles. The summed E-state index contributed by atoms with van der Waals surface area (Å²) in [6.07, 6.45) is 0. The average molecular weight is 377 g/mol. The van der Waals surface area contributed by atoms with Crippen molar-refractivity contribution in [1.82, 2.24) is 10.6 Å². The van der Waals surface area contributed by atoms with E-state index in [0.717, 1.165) is 0 Å². The van der Waals surface area contributed by atoms with Crippen molar-refractivity contribution in [1.29, 1.82) is 0 Å². The highest BCUT2D eigenvalue weighted by atomic mass is 35.5. The topological polar surface area (TPSA) is 68.8 Å². The van der Waals surface area contributed by atoms with Gasteiger partial charge in [-0.3, -0.25) is 4.79 Å². The summed E-state index contributed by atoms with van der Waals surface area (Å²) in [5.41, 5.74) is 0.831. The third kappa shape index (κ3) is 4.46. The Morgan fingerprint density at radius 3 is 3.00 bits per heavy atom. The van der Waals surface area contributed by atoms with Gasteiger partial charge in [-0.1, -0.05) is 11.6 Å². The molecule has 2 N–H and O–H groups in total. The van der Waals surface area contributed by atoms with Crippen molar-refractivity contribution in [2.45, 2.75) is 12.3 Å². The summed E-state index contributed by atoms with van der Waals surface area (Å²) in [7, 11) is 1.51. The molecule has 0 spiro atoms. The first-order chi connectivity index (χ1) is 11.6. The fraction of sp³-hybridized carbons (Fsp3) is 0.400. The molecule has 0 bridgehead atoms. The molecule has 9 heteroatoms. The van der Waals surface area contributed by atoms with Crippen molar-refractivity contribution in [3.05, 3.63) is 34.5 Å². The van der Waals surface area contributed by atoms with Crippen molar-refractivity contribution in [3.63, 3.8) is 0 Å². The van der Waals surface area contributed by atoms with Crippen molar-refractivity contribution in [2.75, 3.05) is 27.1 Å². The van der Waals surface area contributed by atoms with Crippen LogP contribution in [-0.4, -0.2) is 38.3 Å². The minimum absolute atomic E-state index is 0.0156. The summed E-state index contributed by atoms with van der Waals surface area (Å²) in [4.78, 5) is 12.4. The Bertz CT molecular complexity index is 629. The van der Waals surface area contributed by atoms with Gasteiger partial charge in [-0.25, -0.2) is 0 Å². The molecule has 1 aliphatic heterocycles. The van der Waals surface area contributed by atoms with Crippen molar-refractivity contribution in [2.24, 2.45) is 0 Å². The van der Waals surface area contributed by atoms with E-state index < -0.39 is 11.3 Å². The zero-order valence-electron chi connectivity index (χ0n) is 13.2. The zero-order valence-corrected chi connectivity index (χ0v) is 14.8. The van der Waals surface area contributed by atoms with E-state index in [9.17, 15) is 8.68 Å². The van der Waals surface area contributed by atoms with Crippen LogP contribution < -0.4 is 15.4 Å². The molecule has 0 fully saturated rings. The first kappa shape index (κ1) is 18.7. The van der Waals surface area contributed by atoms with Crippen molar-refractivity contribution < 1.29 is 22.9 Å². The number of hydrogen-bond donors (Lipinski definition) is 2. The number of benzene rings is 1. The van der Waals surface area contributed by atoms with Crippen LogP contribution in [0.15, 0.2) is 23.9 Å². The maximum Gasteiger partial charge on any atom is 0.272 e. The smallest absolute Gasteiger partial charge is 0.272 e. The molecule has 6 nitrogen and oxygen atoms in total. The van der Waals surface area contributed by atoms with Gasteiger partial charge in [0.05, 0.1) is 30.9 Å². The molecule has 24 heavy (non-hydrogen) atoms. The van der Waals surface area contributed by atoms with Crippen LogP contribution in [0.2, 0.25) is 5.02 Å². The molecule has 1 aromatic carbocycles. The number of carbonyl (C=O) groups is 1. The lowest BCUT2D eigenvalue weighted by molar-refractivity contribution is -0.118. The van der Waals surface area contributed by atoms with Crippen LogP contribution >= 0.6 is 23.7 Å².